The Morgan fingerprint density at radius 3 is 1.28 bits per heavy atom. The number of phenolic OH excluding ortho intramolecular Hbond substituents is 2. The van der Waals surface area contributed by atoms with Crippen LogP contribution in [0.5, 0.6) is 46.3 Å². The highest BCUT2D eigenvalue weighted by Crippen LogP contribution is 2.44. The van der Waals surface area contributed by atoms with Gasteiger partial charge < -0.3 is 24.4 Å². The number of pyridine rings is 2. The smallest absolute Gasteiger partial charge is 0.219 e. The molecule has 2 N–H and O–H groups in total. The lowest BCUT2D eigenvalue weighted by atomic mass is 10.2. The van der Waals surface area contributed by atoms with E-state index in [1.165, 1.54) is 0 Å². The Hall–Kier alpha value is -4.26. The van der Waals surface area contributed by atoms with E-state index < -0.39 is 0 Å². The first-order valence-corrected chi connectivity index (χ1v) is 8.70. The number of hydrogen-bond donors (Lipinski definition) is 2. The molecule has 0 aliphatic carbocycles. The van der Waals surface area contributed by atoms with Crippen LogP contribution in [0.1, 0.15) is 0 Å². The lowest BCUT2D eigenvalue weighted by Gasteiger charge is -2.14. The Bertz CT molecular complexity index is 1020. The highest BCUT2D eigenvalue weighted by Gasteiger charge is 2.16. The largest absolute Gasteiger partial charge is 0.502 e. The van der Waals surface area contributed by atoms with E-state index in [4.69, 9.17) is 14.2 Å². The molecule has 4 aromatic rings. The van der Waals surface area contributed by atoms with Gasteiger partial charge in [0.2, 0.25) is 23.3 Å². The second-order valence-corrected chi connectivity index (χ2v) is 5.85. The van der Waals surface area contributed by atoms with Crippen LogP contribution in [0.2, 0.25) is 0 Å². The van der Waals surface area contributed by atoms with Crippen LogP contribution in [0.25, 0.3) is 0 Å². The predicted molar refractivity (Wildman–Crippen MR) is 105 cm³/mol. The molecule has 0 saturated carbocycles. The zero-order chi connectivity index (χ0) is 20.1. The van der Waals surface area contributed by atoms with Crippen molar-refractivity contribution in [1.29, 1.82) is 0 Å². The normalized spacial score (nSPS) is 10.3. The van der Waals surface area contributed by atoms with Gasteiger partial charge in [0.1, 0.15) is 0 Å². The molecular weight excluding hydrogens is 372 g/mol. The van der Waals surface area contributed by atoms with Crippen LogP contribution in [0.15, 0.2) is 85.2 Å². The second-order valence-electron chi connectivity index (χ2n) is 5.85. The van der Waals surface area contributed by atoms with Gasteiger partial charge in [-0.15, -0.1) is 0 Å². The Labute approximate surface area is 166 Å². The van der Waals surface area contributed by atoms with E-state index in [9.17, 15) is 10.2 Å². The van der Waals surface area contributed by atoms with Crippen LogP contribution in [0, 0.1) is 0 Å². The summed E-state index contributed by atoms with van der Waals surface area (Å²) in [6, 6.07) is 19.9. The van der Waals surface area contributed by atoms with E-state index in [1.54, 1.807) is 85.2 Å². The monoisotopic (exact) mass is 388 g/mol. The van der Waals surface area contributed by atoms with E-state index in [2.05, 4.69) is 9.97 Å². The van der Waals surface area contributed by atoms with Gasteiger partial charge in [0.15, 0.2) is 23.0 Å². The Kier molecular flexibility index (Phi) is 5.11. The summed E-state index contributed by atoms with van der Waals surface area (Å²) in [5.41, 5.74) is 0. The fourth-order valence-electron chi connectivity index (χ4n) is 2.49. The van der Waals surface area contributed by atoms with E-state index in [1.807, 2.05) is 0 Å². The molecule has 2 aromatic carbocycles. The van der Waals surface area contributed by atoms with Crippen molar-refractivity contribution in [2.75, 3.05) is 0 Å². The molecule has 0 saturated heterocycles. The number of benzene rings is 2. The van der Waals surface area contributed by atoms with E-state index in [0.29, 0.717) is 11.8 Å². The van der Waals surface area contributed by atoms with Crippen molar-refractivity contribution >= 4 is 0 Å². The van der Waals surface area contributed by atoms with Crippen LogP contribution in [0.3, 0.4) is 0 Å². The number of nitrogens with zero attached hydrogens (tertiary/aromatic N) is 2. The van der Waals surface area contributed by atoms with Crippen LogP contribution in [-0.4, -0.2) is 20.2 Å². The molecule has 0 unspecified atom stereocenters. The van der Waals surface area contributed by atoms with Gasteiger partial charge in [0, 0.05) is 24.5 Å². The molecule has 0 aliphatic rings. The van der Waals surface area contributed by atoms with Gasteiger partial charge >= 0.3 is 0 Å². The number of aromatic hydroxyl groups is 2. The molecule has 144 valence electrons. The standard InChI is InChI=1S/C22H16N2O5/c25-21-15(7-5-9-17(21)28-19-11-1-3-13-23-19)27-16-8-6-10-18(22(16)26)29-20-12-2-4-14-24-20/h1-14,25-26H. The van der Waals surface area contributed by atoms with Gasteiger partial charge in [-0.1, -0.05) is 24.3 Å². The van der Waals surface area contributed by atoms with Crippen molar-refractivity contribution in [3.63, 3.8) is 0 Å². The first-order chi connectivity index (χ1) is 14.2. The average Bonchev–Trinajstić information content (AvgIpc) is 2.75. The molecule has 2 aromatic heterocycles. The quantitative estimate of drug-likeness (QED) is 0.465. The molecule has 0 radical (unpaired) electrons. The van der Waals surface area contributed by atoms with E-state index in [-0.39, 0.29) is 34.5 Å². The van der Waals surface area contributed by atoms with Crippen LogP contribution < -0.4 is 14.2 Å². The highest BCUT2D eigenvalue weighted by atomic mass is 16.5. The fourth-order valence-corrected chi connectivity index (χ4v) is 2.49. The Morgan fingerprint density at radius 1 is 0.483 bits per heavy atom. The SMILES string of the molecule is Oc1c(Oc2ccccn2)cccc1Oc1cccc(Oc2ccccn2)c1O. The molecule has 29 heavy (non-hydrogen) atoms. The van der Waals surface area contributed by atoms with Crippen molar-refractivity contribution in [1.82, 2.24) is 9.97 Å². The van der Waals surface area contributed by atoms with Gasteiger partial charge in [-0.25, -0.2) is 9.97 Å². The van der Waals surface area contributed by atoms with E-state index in [0.717, 1.165) is 0 Å². The maximum Gasteiger partial charge on any atom is 0.219 e. The third-order valence-electron chi connectivity index (χ3n) is 3.85. The first-order valence-electron chi connectivity index (χ1n) is 8.70. The molecule has 7 nitrogen and oxygen atoms in total. The number of ether oxygens (including phenoxy) is 3. The molecular formula is C22H16N2O5. The maximum absolute atomic E-state index is 10.5. The van der Waals surface area contributed by atoms with Crippen LogP contribution in [0.4, 0.5) is 0 Å². The van der Waals surface area contributed by atoms with Gasteiger partial charge in [-0.3, -0.25) is 0 Å². The number of hydrogen-bond acceptors (Lipinski definition) is 7. The van der Waals surface area contributed by atoms with Crippen molar-refractivity contribution in [3.05, 3.63) is 85.2 Å². The minimum atomic E-state index is -0.228. The third-order valence-corrected chi connectivity index (χ3v) is 3.85. The Balaban J connectivity index is 1.58. The summed E-state index contributed by atoms with van der Waals surface area (Å²) in [4.78, 5) is 8.12. The summed E-state index contributed by atoms with van der Waals surface area (Å²) in [6.07, 6.45) is 3.16. The minimum absolute atomic E-state index is 0.101. The van der Waals surface area contributed by atoms with Gasteiger partial charge in [0.25, 0.3) is 0 Å². The van der Waals surface area contributed by atoms with Crippen LogP contribution >= 0.6 is 0 Å². The maximum atomic E-state index is 10.5. The zero-order valence-corrected chi connectivity index (χ0v) is 15.1. The molecule has 2 heterocycles. The summed E-state index contributed by atoms with van der Waals surface area (Å²) >= 11 is 0. The number of rotatable bonds is 6. The van der Waals surface area contributed by atoms with Gasteiger partial charge in [-0.05, 0) is 36.4 Å². The summed E-state index contributed by atoms with van der Waals surface area (Å²) in [5.74, 6) is 0.736. The van der Waals surface area contributed by atoms with Crippen LogP contribution in [-0.2, 0) is 0 Å². The van der Waals surface area contributed by atoms with Crippen molar-refractivity contribution in [2.45, 2.75) is 0 Å². The number of aromatic nitrogens is 2. The van der Waals surface area contributed by atoms with Gasteiger partial charge in [0.05, 0.1) is 0 Å². The summed E-state index contributed by atoms with van der Waals surface area (Å²) in [6.45, 7) is 0. The van der Waals surface area contributed by atoms with Crippen molar-refractivity contribution < 1.29 is 24.4 Å². The first kappa shape index (κ1) is 18.1. The topological polar surface area (TPSA) is 93.9 Å². The van der Waals surface area contributed by atoms with Gasteiger partial charge in [-0.2, -0.15) is 0 Å². The molecule has 0 aliphatic heterocycles. The summed E-state index contributed by atoms with van der Waals surface area (Å²) in [7, 11) is 0. The molecule has 4 rings (SSSR count). The second kappa shape index (κ2) is 8.18. The Morgan fingerprint density at radius 2 is 0.897 bits per heavy atom. The summed E-state index contributed by atoms with van der Waals surface area (Å²) in [5, 5.41) is 21.0. The average molecular weight is 388 g/mol. The lowest BCUT2D eigenvalue weighted by molar-refractivity contribution is 0.352. The van der Waals surface area contributed by atoms with Crippen molar-refractivity contribution in [2.24, 2.45) is 0 Å². The molecule has 0 atom stereocenters. The number of para-hydroxylation sites is 2. The molecule has 0 spiro atoms. The third kappa shape index (κ3) is 4.19. The zero-order valence-electron chi connectivity index (χ0n) is 15.1. The van der Waals surface area contributed by atoms with E-state index >= 15 is 0 Å². The molecule has 7 heteroatoms. The summed E-state index contributed by atoms with van der Waals surface area (Å²) < 4.78 is 16.9. The lowest BCUT2D eigenvalue weighted by Crippen LogP contribution is -1.92. The predicted octanol–water partition coefficient (Wildman–Crippen LogP) is 5.26. The molecule has 0 bridgehead atoms. The minimum Gasteiger partial charge on any atom is -0.502 e. The number of phenols is 2. The highest BCUT2D eigenvalue weighted by molar-refractivity contribution is 5.56. The molecule has 0 amide bonds. The molecule has 0 fully saturated rings. The fraction of sp³-hybridized carbons (Fsp3) is 0. The van der Waals surface area contributed by atoms with Crippen molar-refractivity contribution in [3.8, 4) is 46.3 Å².